The SMILES string of the molecule is O=C1NC(=O)N(C2C3CN(Cc4ccccc4)CC32)C1=O. The predicted octanol–water partition coefficient (Wildman–Crippen LogP) is 0.195. The molecule has 108 valence electrons. The number of nitrogens with zero attached hydrogens (tertiary/aromatic N) is 2. The summed E-state index contributed by atoms with van der Waals surface area (Å²) in [4.78, 5) is 38.0. The van der Waals surface area contributed by atoms with E-state index in [-0.39, 0.29) is 6.04 Å². The van der Waals surface area contributed by atoms with Crippen molar-refractivity contribution in [1.82, 2.24) is 15.1 Å². The standard InChI is InChI=1S/C15H15N3O3/c19-13-14(20)18(15(21)16-13)12-10-7-17(8-11(10)12)6-9-4-2-1-3-5-9/h1-5,10-12H,6-8H2,(H,16,19,21). The molecule has 0 bridgehead atoms. The van der Waals surface area contributed by atoms with Gasteiger partial charge in [-0.15, -0.1) is 0 Å². The molecular weight excluding hydrogens is 270 g/mol. The molecule has 1 aromatic carbocycles. The van der Waals surface area contributed by atoms with Crippen molar-refractivity contribution in [3.63, 3.8) is 0 Å². The largest absolute Gasteiger partial charge is 0.331 e. The van der Waals surface area contributed by atoms with E-state index in [0.29, 0.717) is 11.8 Å². The maximum absolute atomic E-state index is 11.7. The number of carbonyl (C=O) groups is 3. The zero-order valence-electron chi connectivity index (χ0n) is 11.4. The van der Waals surface area contributed by atoms with Gasteiger partial charge in [0.1, 0.15) is 0 Å². The molecule has 6 heteroatoms. The van der Waals surface area contributed by atoms with Gasteiger partial charge in [0.15, 0.2) is 0 Å². The average molecular weight is 285 g/mol. The maximum Gasteiger partial charge on any atom is 0.331 e. The number of piperidine rings is 1. The lowest BCUT2D eigenvalue weighted by Crippen LogP contribution is -2.39. The quantitative estimate of drug-likeness (QED) is 0.636. The molecule has 2 heterocycles. The number of amides is 4. The Morgan fingerprint density at radius 1 is 1.05 bits per heavy atom. The Hall–Kier alpha value is -2.21. The normalized spacial score (nSPS) is 31.5. The fourth-order valence-electron chi connectivity index (χ4n) is 3.62. The van der Waals surface area contributed by atoms with E-state index < -0.39 is 17.8 Å². The molecule has 1 N–H and O–H groups in total. The highest BCUT2D eigenvalue weighted by atomic mass is 16.2. The molecular formula is C15H15N3O3. The van der Waals surface area contributed by atoms with Crippen LogP contribution in [0, 0.1) is 11.8 Å². The van der Waals surface area contributed by atoms with Gasteiger partial charge in [-0.2, -0.15) is 0 Å². The zero-order valence-corrected chi connectivity index (χ0v) is 11.4. The third kappa shape index (κ3) is 1.94. The molecule has 3 aliphatic rings. The number of rotatable bonds is 3. The van der Waals surface area contributed by atoms with Crippen LogP contribution in [0.1, 0.15) is 5.56 Å². The van der Waals surface area contributed by atoms with Crippen LogP contribution in [0.25, 0.3) is 0 Å². The van der Waals surface area contributed by atoms with Crippen LogP contribution in [0.5, 0.6) is 0 Å². The van der Waals surface area contributed by atoms with Crippen LogP contribution < -0.4 is 5.32 Å². The number of carbonyl (C=O) groups excluding carboxylic acids is 3. The lowest BCUT2D eigenvalue weighted by Gasteiger charge is -2.22. The average Bonchev–Trinajstić information content (AvgIpc) is 2.83. The molecule has 2 atom stereocenters. The van der Waals surface area contributed by atoms with Crippen LogP contribution in [0.2, 0.25) is 0 Å². The van der Waals surface area contributed by atoms with E-state index in [9.17, 15) is 14.4 Å². The summed E-state index contributed by atoms with van der Waals surface area (Å²) in [6.45, 7) is 2.63. The molecule has 3 fully saturated rings. The molecule has 6 nitrogen and oxygen atoms in total. The van der Waals surface area contributed by atoms with E-state index in [0.717, 1.165) is 24.5 Å². The Balaban J connectivity index is 1.39. The molecule has 0 spiro atoms. The summed E-state index contributed by atoms with van der Waals surface area (Å²) in [7, 11) is 0. The lowest BCUT2D eigenvalue weighted by molar-refractivity contribution is -0.140. The first-order chi connectivity index (χ1) is 10.1. The summed E-state index contributed by atoms with van der Waals surface area (Å²) in [5.41, 5.74) is 1.26. The van der Waals surface area contributed by atoms with Gasteiger partial charge in [-0.1, -0.05) is 30.3 Å². The monoisotopic (exact) mass is 285 g/mol. The second-order valence-electron chi connectivity index (χ2n) is 5.93. The topological polar surface area (TPSA) is 69.7 Å². The van der Waals surface area contributed by atoms with Crippen LogP contribution in [-0.4, -0.2) is 46.8 Å². The Morgan fingerprint density at radius 2 is 1.71 bits per heavy atom. The smallest absolute Gasteiger partial charge is 0.298 e. The molecule has 1 aliphatic carbocycles. The van der Waals surface area contributed by atoms with Gasteiger partial charge in [0.25, 0.3) is 0 Å². The molecule has 2 aliphatic heterocycles. The zero-order chi connectivity index (χ0) is 14.6. The maximum atomic E-state index is 11.7. The van der Waals surface area contributed by atoms with E-state index in [4.69, 9.17) is 0 Å². The fourth-order valence-corrected chi connectivity index (χ4v) is 3.62. The minimum Gasteiger partial charge on any atom is -0.298 e. The van der Waals surface area contributed by atoms with Crippen LogP contribution >= 0.6 is 0 Å². The number of urea groups is 1. The lowest BCUT2D eigenvalue weighted by atomic mass is 10.2. The van der Waals surface area contributed by atoms with Crippen LogP contribution in [0.3, 0.4) is 0 Å². The molecule has 1 aromatic rings. The summed E-state index contributed by atoms with van der Waals surface area (Å²) in [5.74, 6) is -0.872. The predicted molar refractivity (Wildman–Crippen MR) is 72.9 cm³/mol. The van der Waals surface area contributed by atoms with Gasteiger partial charge in [0, 0.05) is 19.6 Å². The first-order valence-corrected chi connectivity index (χ1v) is 7.10. The molecule has 4 rings (SSSR count). The Labute approximate surface area is 121 Å². The van der Waals surface area contributed by atoms with Gasteiger partial charge in [-0.25, -0.2) is 4.79 Å². The van der Waals surface area contributed by atoms with E-state index in [2.05, 4.69) is 22.3 Å². The Morgan fingerprint density at radius 3 is 2.29 bits per heavy atom. The van der Waals surface area contributed by atoms with Gasteiger partial charge >= 0.3 is 17.8 Å². The van der Waals surface area contributed by atoms with E-state index in [1.165, 1.54) is 5.56 Å². The minimum absolute atomic E-state index is 0.0871. The van der Waals surface area contributed by atoms with Crippen molar-refractivity contribution in [2.24, 2.45) is 11.8 Å². The molecule has 1 saturated carbocycles. The van der Waals surface area contributed by atoms with Crippen LogP contribution in [0.15, 0.2) is 30.3 Å². The van der Waals surface area contributed by atoms with Crippen molar-refractivity contribution in [3.8, 4) is 0 Å². The number of hydrogen-bond acceptors (Lipinski definition) is 4. The van der Waals surface area contributed by atoms with E-state index >= 15 is 0 Å². The van der Waals surface area contributed by atoms with Gasteiger partial charge in [-0.05, 0) is 17.4 Å². The number of hydrogen-bond donors (Lipinski definition) is 1. The van der Waals surface area contributed by atoms with Crippen molar-refractivity contribution >= 4 is 17.8 Å². The van der Waals surface area contributed by atoms with E-state index in [1.807, 2.05) is 18.2 Å². The second-order valence-corrected chi connectivity index (χ2v) is 5.93. The number of likely N-dealkylation sites (tertiary alicyclic amines) is 1. The van der Waals surface area contributed by atoms with Crippen molar-refractivity contribution in [2.75, 3.05) is 13.1 Å². The molecule has 4 amide bonds. The Bertz CT molecular complexity index is 618. The van der Waals surface area contributed by atoms with Gasteiger partial charge in [-0.3, -0.25) is 24.7 Å². The van der Waals surface area contributed by atoms with Gasteiger partial charge in [0.2, 0.25) is 0 Å². The summed E-state index contributed by atoms with van der Waals surface area (Å²) in [6.07, 6.45) is 0. The highest BCUT2D eigenvalue weighted by Crippen LogP contribution is 2.49. The van der Waals surface area contributed by atoms with E-state index in [1.54, 1.807) is 0 Å². The van der Waals surface area contributed by atoms with Crippen molar-refractivity contribution in [1.29, 1.82) is 0 Å². The molecule has 0 aromatic heterocycles. The number of fused-ring (bicyclic) bond motifs is 1. The first kappa shape index (κ1) is 12.5. The highest BCUT2D eigenvalue weighted by Gasteiger charge is 2.62. The Kier molecular flexibility index (Phi) is 2.62. The number of benzene rings is 1. The van der Waals surface area contributed by atoms with Crippen molar-refractivity contribution < 1.29 is 14.4 Å². The second kappa shape index (κ2) is 4.39. The first-order valence-electron chi connectivity index (χ1n) is 7.10. The van der Waals surface area contributed by atoms with Gasteiger partial charge in [0.05, 0.1) is 6.04 Å². The van der Waals surface area contributed by atoms with Crippen molar-refractivity contribution in [2.45, 2.75) is 12.6 Å². The van der Waals surface area contributed by atoms with Gasteiger partial charge < -0.3 is 0 Å². The molecule has 0 radical (unpaired) electrons. The summed E-state index contributed by atoms with van der Waals surface area (Å²) in [6, 6.07) is 9.58. The summed E-state index contributed by atoms with van der Waals surface area (Å²) < 4.78 is 0. The number of imide groups is 2. The van der Waals surface area contributed by atoms with Crippen LogP contribution in [0.4, 0.5) is 4.79 Å². The third-order valence-corrected chi connectivity index (χ3v) is 4.62. The summed E-state index contributed by atoms with van der Waals surface area (Å²) in [5, 5.41) is 2.06. The summed E-state index contributed by atoms with van der Waals surface area (Å²) >= 11 is 0. The van der Waals surface area contributed by atoms with Crippen molar-refractivity contribution in [3.05, 3.63) is 35.9 Å². The number of nitrogens with one attached hydrogen (secondary N) is 1. The molecule has 2 unspecified atom stereocenters. The molecule has 21 heavy (non-hydrogen) atoms. The third-order valence-electron chi connectivity index (χ3n) is 4.62. The highest BCUT2D eigenvalue weighted by molar-refractivity contribution is 6.45. The van der Waals surface area contributed by atoms with Crippen LogP contribution in [-0.2, 0) is 16.1 Å². The fraction of sp³-hybridized carbons (Fsp3) is 0.400. The minimum atomic E-state index is -0.800. The molecule has 2 saturated heterocycles.